The molecule has 3 heterocycles. The lowest BCUT2D eigenvalue weighted by Gasteiger charge is -2.31. The molecular formula is C26H21F6N3O4. The Balaban J connectivity index is 1.61. The van der Waals surface area contributed by atoms with Gasteiger partial charge in [0.25, 0.3) is 0 Å². The molecule has 0 unspecified atom stereocenters. The maximum Gasteiger partial charge on any atom is 0.450 e. The molecule has 1 fully saturated rings. The molecule has 206 valence electrons. The number of imidazole rings is 1. The van der Waals surface area contributed by atoms with Gasteiger partial charge in [-0.15, -0.1) is 0 Å². The molecule has 1 aliphatic carbocycles. The van der Waals surface area contributed by atoms with Crippen LogP contribution in [0.2, 0.25) is 0 Å². The topological polar surface area (TPSA) is 75.5 Å². The number of nitrogens with zero attached hydrogens (tertiary/aromatic N) is 3. The van der Waals surface area contributed by atoms with Gasteiger partial charge in [0, 0.05) is 23.9 Å². The highest BCUT2D eigenvalue weighted by atomic mass is 19.4. The number of carbonyl (C=O) groups excluding carboxylic acids is 1. The van der Waals surface area contributed by atoms with Crippen LogP contribution in [0.3, 0.4) is 0 Å². The lowest BCUT2D eigenvalue weighted by molar-refractivity contribution is -0.147. The highest BCUT2D eigenvalue weighted by Crippen LogP contribution is 2.54. The summed E-state index contributed by atoms with van der Waals surface area (Å²) in [5, 5.41) is 0. The predicted molar refractivity (Wildman–Crippen MR) is 124 cm³/mol. The van der Waals surface area contributed by atoms with Crippen molar-refractivity contribution in [1.29, 1.82) is 0 Å². The van der Waals surface area contributed by atoms with Crippen LogP contribution in [0.25, 0.3) is 11.4 Å². The molecule has 2 aliphatic rings. The van der Waals surface area contributed by atoms with Crippen molar-refractivity contribution in [3.05, 3.63) is 77.8 Å². The van der Waals surface area contributed by atoms with Crippen LogP contribution in [0.4, 0.5) is 26.3 Å². The van der Waals surface area contributed by atoms with Crippen LogP contribution >= 0.6 is 0 Å². The summed E-state index contributed by atoms with van der Waals surface area (Å²) in [5.41, 5.74) is -0.386. The number of rotatable bonds is 6. The molecule has 0 saturated heterocycles. The van der Waals surface area contributed by atoms with Crippen LogP contribution in [-0.4, -0.2) is 46.4 Å². The Labute approximate surface area is 218 Å². The smallest absolute Gasteiger partial charge is 0.450 e. The Morgan fingerprint density at radius 2 is 1.92 bits per heavy atom. The quantitative estimate of drug-likeness (QED) is 0.295. The molecule has 1 saturated carbocycles. The summed E-state index contributed by atoms with van der Waals surface area (Å²) < 4.78 is 96.9. The van der Waals surface area contributed by atoms with Gasteiger partial charge in [-0.2, -0.15) is 22.0 Å². The summed E-state index contributed by atoms with van der Waals surface area (Å²) in [6.45, 7) is -3.38. The Bertz CT molecular complexity index is 1410. The van der Waals surface area contributed by atoms with E-state index in [2.05, 4.69) is 14.7 Å². The number of aromatic nitrogens is 3. The number of carbonyl (C=O) groups is 1. The van der Waals surface area contributed by atoms with Gasteiger partial charge in [-0.05, 0) is 48.7 Å². The lowest BCUT2D eigenvalue weighted by atomic mass is 9.79. The average molecular weight is 553 g/mol. The summed E-state index contributed by atoms with van der Waals surface area (Å²) in [6, 6.07) is 7.75. The molecule has 5 rings (SSSR count). The van der Waals surface area contributed by atoms with Crippen LogP contribution in [-0.2, 0) is 20.4 Å². The highest BCUT2D eigenvalue weighted by Gasteiger charge is 2.54. The van der Waals surface area contributed by atoms with Gasteiger partial charge >= 0.3 is 18.8 Å². The van der Waals surface area contributed by atoms with E-state index in [1.165, 1.54) is 31.4 Å². The lowest BCUT2D eigenvalue weighted by Crippen LogP contribution is -2.34. The number of hydrogen-bond donors (Lipinski definition) is 0. The predicted octanol–water partition coefficient (Wildman–Crippen LogP) is 5.55. The Morgan fingerprint density at radius 1 is 1.18 bits per heavy atom. The summed E-state index contributed by atoms with van der Waals surface area (Å²) >= 11 is 0. The fourth-order valence-electron chi connectivity index (χ4n) is 5.37. The molecule has 3 atom stereocenters. The van der Waals surface area contributed by atoms with Crippen molar-refractivity contribution in [3.8, 4) is 11.6 Å². The average Bonchev–Trinajstić information content (AvgIpc) is 3.63. The fourth-order valence-corrected chi connectivity index (χ4v) is 5.37. The molecule has 2 aromatic heterocycles. The van der Waals surface area contributed by atoms with Gasteiger partial charge < -0.3 is 14.2 Å². The van der Waals surface area contributed by atoms with Gasteiger partial charge in [-0.3, -0.25) is 9.36 Å². The van der Waals surface area contributed by atoms with Gasteiger partial charge in [-0.25, -0.2) is 14.4 Å². The van der Waals surface area contributed by atoms with Crippen molar-refractivity contribution in [2.45, 2.75) is 37.1 Å². The van der Waals surface area contributed by atoms with Crippen molar-refractivity contribution in [2.75, 3.05) is 13.7 Å². The molecule has 0 bridgehead atoms. The molecule has 1 spiro atoms. The number of alkyl halides is 5. The first-order valence-corrected chi connectivity index (χ1v) is 11.8. The standard InChI is InChI=1S/C26H21F6N3O4/c1-37-22(36)17-8-9-25(20(17)14-2-4-16(27)5-3-14)12-15(13-38-25)21-18(39-24(28)29)6-7-19(34-21)35-11-10-33-23(35)26(30,31)32/h2-7,10-12,17,20,24H,8-9,13H2,1H3/t17-,20+,25+/m0/s1. The number of methoxy groups -OCH3 is 1. The molecule has 1 aromatic carbocycles. The van der Waals surface area contributed by atoms with Gasteiger partial charge in [0.2, 0.25) is 5.82 Å². The SMILES string of the molecule is COC(=O)[C@H]1CC[C@@]2(C=C(c3nc(-n4ccnc4C(F)(F)F)ccc3OC(F)F)CO2)[C@@H]1c1ccc(F)cc1. The summed E-state index contributed by atoms with van der Waals surface area (Å²) in [5.74, 6) is -4.07. The molecule has 3 aromatic rings. The van der Waals surface area contributed by atoms with E-state index in [0.29, 0.717) is 23.0 Å². The van der Waals surface area contributed by atoms with Crippen LogP contribution in [0.5, 0.6) is 5.75 Å². The van der Waals surface area contributed by atoms with Gasteiger partial charge in [0.1, 0.15) is 17.3 Å². The number of ether oxygens (including phenoxy) is 3. The van der Waals surface area contributed by atoms with E-state index in [-0.39, 0.29) is 29.4 Å². The Hall–Kier alpha value is -3.87. The van der Waals surface area contributed by atoms with E-state index < -0.39 is 47.8 Å². The number of halogens is 6. The number of hydrogen-bond acceptors (Lipinski definition) is 6. The van der Waals surface area contributed by atoms with Crippen LogP contribution in [0.15, 0.2) is 54.9 Å². The first-order valence-electron chi connectivity index (χ1n) is 11.8. The Morgan fingerprint density at radius 3 is 2.59 bits per heavy atom. The number of benzene rings is 1. The third-order valence-electron chi connectivity index (χ3n) is 6.93. The maximum absolute atomic E-state index is 13.7. The zero-order chi connectivity index (χ0) is 27.9. The van der Waals surface area contributed by atoms with E-state index in [0.717, 1.165) is 24.5 Å². The van der Waals surface area contributed by atoms with E-state index in [4.69, 9.17) is 9.47 Å². The van der Waals surface area contributed by atoms with Crippen LogP contribution in [0.1, 0.15) is 35.8 Å². The first-order chi connectivity index (χ1) is 18.5. The minimum Gasteiger partial charge on any atom is -0.469 e. The Kier molecular flexibility index (Phi) is 6.87. The molecule has 0 radical (unpaired) electrons. The van der Waals surface area contributed by atoms with Gasteiger partial charge in [-0.1, -0.05) is 12.1 Å². The normalized spacial score (nSPS) is 22.9. The van der Waals surface area contributed by atoms with Crippen molar-refractivity contribution in [2.24, 2.45) is 5.92 Å². The molecule has 1 aliphatic heterocycles. The summed E-state index contributed by atoms with van der Waals surface area (Å²) in [7, 11) is 1.25. The van der Waals surface area contributed by atoms with E-state index >= 15 is 0 Å². The zero-order valence-corrected chi connectivity index (χ0v) is 20.3. The van der Waals surface area contributed by atoms with Crippen molar-refractivity contribution in [1.82, 2.24) is 14.5 Å². The first kappa shape index (κ1) is 26.7. The van der Waals surface area contributed by atoms with E-state index in [9.17, 15) is 31.1 Å². The van der Waals surface area contributed by atoms with Crippen LogP contribution in [0, 0.1) is 11.7 Å². The highest BCUT2D eigenvalue weighted by molar-refractivity contribution is 5.77. The molecule has 39 heavy (non-hydrogen) atoms. The minimum atomic E-state index is -4.79. The molecule has 13 heteroatoms. The fraction of sp³-hybridized carbons (Fsp3) is 0.346. The monoisotopic (exact) mass is 553 g/mol. The minimum absolute atomic E-state index is 0.147. The third kappa shape index (κ3) is 4.98. The molecule has 0 amide bonds. The van der Waals surface area contributed by atoms with Gasteiger partial charge in [0.15, 0.2) is 5.75 Å². The second kappa shape index (κ2) is 10.0. The number of esters is 1. The summed E-state index contributed by atoms with van der Waals surface area (Å²) in [6.07, 6.45) is -0.476. The largest absolute Gasteiger partial charge is 0.469 e. The van der Waals surface area contributed by atoms with E-state index in [1.807, 2.05) is 0 Å². The third-order valence-corrected chi connectivity index (χ3v) is 6.93. The van der Waals surface area contributed by atoms with Crippen molar-refractivity contribution in [3.63, 3.8) is 0 Å². The van der Waals surface area contributed by atoms with Crippen molar-refractivity contribution >= 4 is 11.5 Å². The maximum atomic E-state index is 13.7. The molecule has 0 N–H and O–H groups in total. The van der Waals surface area contributed by atoms with Crippen molar-refractivity contribution < 1.29 is 45.3 Å². The zero-order valence-electron chi connectivity index (χ0n) is 20.3. The number of pyridine rings is 1. The van der Waals surface area contributed by atoms with Gasteiger partial charge in [0.05, 0.1) is 25.2 Å². The van der Waals surface area contributed by atoms with Crippen LogP contribution < -0.4 is 4.74 Å². The second-order valence-corrected chi connectivity index (χ2v) is 9.12. The molecule has 7 nitrogen and oxygen atoms in total. The summed E-state index contributed by atoms with van der Waals surface area (Å²) in [4.78, 5) is 20.2. The van der Waals surface area contributed by atoms with E-state index in [1.54, 1.807) is 6.08 Å². The molecular weight excluding hydrogens is 532 g/mol. The second-order valence-electron chi connectivity index (χ2n) is 9.12.